The van der Waals surface area contributed by atoms with Crippen LogP contribution in [0.25, 0.3) is 0 Å². The van der Waals surface area contributed by atoms with E-state index in [4.69, 9.17) is 23.2 Å². The van der Waals surface area contributed by atoms with Gasteiger partial charge in [0.05, 0.1) is 16.5 Å². The monoisotopic (exact) mass is 273 g/mol. The second-order valence-electron chi connectivity index (χ2n) is 3.36. The van der Waals surface area contributed by atoms with Crippen molar-refractivity contribution in [2.24, 2.45) is 0 Å². The van der Waals surface area contributed by atoms with Crippen molar-refractivity contribution >= 4 is 34.5 Å². The molecule has 1 heterocycles. The highest BCUT2D eigenvalue weighted by atomic mass is 35.5. The number of aliphatic hydroxyl groups is 1. The maximum atomic E-state index is 9.94. The first kappa shape index (κ1) is 11.9. The molecule has 0 aliphatic rings. The molecule has 0 radical (unpaired) electrons. The SMILES string of the molecule is OC(Cc1ccc(Cl)cc1Cl)c1cncs1. The lowest BCUT2D eigenvalue weighted by Gasteiger charge is -2.09. The van der Waals surface area contributed by atoms with Crippen LogP contribution in [-0.2, 0) is 6.42 Å². The lowest BCUT2D eigenvalue weighted by atomic mass is 10.1. The molecular formula is C11H9Cl2NOS. The van der Waals surface area contributed by atoms with Crippen LogP contribution in [0.4, 0.5) is 0 Å². The van der Waals surface area contributed by atoms with Crippen molar-refractivity contribution < 1.29 is 5.11 Å². The van der Waals surface area contributed by atoms with Crippen molar-refractivity contribution in [3.05, 3.63) is 50.4 Å². The van der Waals surface area contributed by atoms with E-state index in [1.807, 2.05) is 6.07 Å². The average Bonchev–Trinajstić information content (AvgIpc) is 2.75. The van der Waals surface area contributed by atoms with Crippen LogP contribution in [0.2, 0.25) is 10.0 Å². The Balaban J connectivity index is 2.15. The Labute approximate surface area is 107 Å². The topological polar surface area (TPSA) is 33.1 Å². The third-order valence-electron chi connectivity index (χ3n) is 2.21. The number of hydrogen-bond acceptors (Lipinski definition) is 3. The van der Waals surface area contributed by atoms with Gasteiger partial charge in [0.1, 0.15) is 0 Å². The quantitative estimate of drug-likeness (QED) is 0.925. The minimum Gasteiger partial charge on any atom is -0.387 e. The summed E-state index contributed by atoms with van der Waals surface area (Å²) in [6.45, 7) is 0. The Morgan fingerprint density at radius 3 is 2.81 bits per heavy atom. The summed E-state index contributed by atoms with van der Waals surface area (Å²) in [6.07, 6.45) is 1.57. The van der Waals surface area contributed by atoms with Gasteiger partial charge >= 0.3 is 0 Å². The molecule has 0 saturated heterocycles. The fraction of sp³-hybridized carbons (Fsp3) is 0.182. The average molecular weight is 274 g/mol. The maximum Gasteiger partial charge on any atom is 0.0938 e. The molecule has 0 spiro atoms. The molecule has 1 aromatic carbocycles. The molecule has 1 N–H and O–H groups in total. The van der Waals surface area contributed by atoms with E-state index in [-0.39, 0.29) is 0 Å². The molecule has 16 heavy (non-hydrogen) atoms. The van der Waals surface area contributed by atoms with Gasteiger partial charge in [0.15, 0.2) is 0 Å². The van der Waals surface area contributed by atoms with E-state index in [1.54, 1.807) is 23.8 Å². The van der Waals surface area contributed by atoms with Crippen LogP contribution in [0.5, 0.6) is 0 Å². The lowest BCUT2D eigenvalue weighted by Crippen LogP contribution is -2.00. The summed E-state index contributed by atoms with van der Waals surface area (Å²) in [4.78, 5) is 4.76. The zero-order valence-electron chi connectivity index (χ0n) is 8.23. The predicted molar refractivity (Wildman–Crippen MR) is 67.2 cm³/mol. The smallest absolute Gasteiger partial charge is 0.0938 e. The number of halogens is 2. The van der Waals surface area contributed by atoms with Gasteiger partial charge in [-0.25, -0.2) is 0 Å². The third-order valence-corrected chi connectivity index (χ3v) is 3.67. The number of aliphatic hydroxyl groups excluding tert-OH is 1. The molecule has 2 aromatic rings. The molecule has 0 saturated carbocycles. The third kappa shape index (κ3) is 2.74. The van der Waals surface area contributed by atoms with Crippen LogP contribution < -0.4 is 0 Å². The molecule has 2 rings (SSSR count). The number of aromatic nitrogens is 1. The predicted octanol–water partition coefficient (Wildman–Crippen LogP) is 3.73. The van der Waals surface area contributed by atoms with Crippen molar-refractivity contribution in [2.75, 3.05) is 0 Å². The highest BCUT2D eigenvalue weighted by Crippen LogP contribution is 2.27. The zero-order chi connectivity index (χ0) is 11.5. The van der Waals surface area contributed by atoms with Crippen LogP contribution in [0.1, 0.15) is 16.5 Å². The van der Waals surface area contributed by atoms with Gasteiger partial charge in [0.2, 0.25) is 0 Å². The molecule has 5 heteroatoms. The second-order valence-corrected chi connectivity index (χ2v) is 5.12. The molecule has 1 unspecified atom stereocenters. The van der Waals surface area contributed by atoms with Gasteiger partial charge in [-0.2, -0.15) is 0 Å². The van der Waals surface area contributed by atoms with Gasteiger partial charge in [-0.1, -0.05) is 29.3 Å². The van der Waals surface area contributed by atoms with Gasteiger partial charge in [0, 0.05) is 22.7 Å². The van der Waals surface area contributed by atoms with Crippen LogP contribution in [-0.4, -0.2) is 10.1 Å². The molecular weight excluding hydrogens is 265 g/mol. The van der Waals surface area contributed by atoms with E-state index < -0.39 is 6.10 Å². The first-order chi connectivity index (χ1) is 7.66. The van der Waals surface area contributed by atoms with Crippen molar-refractivity contribution in [3.63, 3.8) is 0 Å². The van der Waals surface area contributed by atoms with Crippen molar-refractivity contribution in [1.82, 2.24) is 4.98 Å². The largest absolute Gasteiger partial charge is 0.387 e. The molecule has 0 bridgehead atoms. The normalized spacial score (nSPS) is 12.7. The molecule has 0 amide bonds. The second kappa shape index (κ2) is 5.15. The Kier molecular flexibility index (Phi) is 3.82. The Morgan fingerprint density at radius 1 is 1.38 bits per heavy atom. The highest BCUT2D eigenvalue weighted by molar-refractivity contribution is 7.09. The molecule has 0 aliphatic heterocycles. The van der Waals surface area contributed by atoms with E-state index in [1.165, 1.54) is 11.3 Å². The van der Waals surface area contributed by atoms with Gasteiger partial charge < -0.3 is 5.11 Å². The summed E-state index contributed by atoms with van der Waals surface area (Å²) in [5, 5.41) is 11.1. The van der Waals surface area contributed by atoms with Crippen molar-refractivity contribution in [1.29, 1.82) is 0 Å². The van der Waals surface area contributed by atoms with Gasteiger partial charge in [-0.3, -0.25) is 4.98 Å². The van der Waals surface area contributed by atoms with E-state index in [0.717, 1.165) is 10.4 Å². The van der Waals surface area contributed by atoms with Crippen LogP contribution >= 0.6 is 34.5 Å². The maximum absolute atomic E-state index is 9.94. The number of hydrogen-bond donors (Lipinski definition) is 1. The zero-order valence-corrected chi connectivity index (χ0v) is 10.6. The standard InChI is InChI=1S/C11H9Cl2NOS/c12-8-2-1-7(9(13)4-8)3-10(15)11-5-14-6-16-11/h1-2,4-6,10,15H,3H2. The fourth-order valence-electron chi connectivity index (χ4n) is 1.39. The van der Waals surface area contributed by atoms with Gasteiger partial charge in [-0.05, 0) is 17.7 Å². The van der Waals surface area contributed by atoms with Crippen LogP contribution in [0, 0.1) is 0 Å². The van der Waals surface area contributed by atoms with E-state index >= 15 is 0 Å². The molecule has 0 aliphatic carbocycles. The van der Waals surface area contributed by atoms with Crippen LogP contribution in [0.15, 0.2) is 29.9 Å². The summed E-state index contributed by atoms with van der Waals surface area (Å²) in [5.41, 5.74) is 2.58. The van der Waals surface area contributed by atoms with Crippen LogP contribution in [0.3, 0.4) is 0 Å². The molecule has 84 valence electrons. The summed E-state index contributed by atoms with van der Waals surface area (Å²) < 4.78 is 0. The Hall–Kier alpha value is -0.610. The van der Waals surface area contributed by atoms with Gasteiger partial charge in [0.25, 0.3) is 0 Å². The van der Waals surface area contributed by atoms with E-state index in [2.05, 4.69) is 4.98 Å². The summed E-state index contributed by atoms with van der Waals surface area (Å²) in [7, 11) is 0. The summed E-state index contributed by atoms with van der Waals surface area (Å²) >= 11 is 13.3. The number of benzene rings is 1. The van der Waals surface area contributed by atoms with Crippen molar-refractivity contribution in [3.8, 4) is 0 Å². The lowest BCUT2D eigenvalue weighted by molar-refractivity contribution is 0.182. The number of rotatable bonds is 3. The highest BCUT2D eigenvalue weighted by Gasteiger charge is 2.12. The molecule has 0 fully saturated rings. The van der Waals surface area contributed by atoms with Gasteiger partial charge in [-0.15, -0.1) is 11.3 Å². The molecule has 1 aromatic heterocycles. The Morgan fingerprint density at radius 2 is 2.19 bits per heavy atom. The summed E-state index contributed by atoms with van der Waals surface area (Å²) in [5.74, 6) is 0. The number of thiazole rings is 1. The molecule has 2 nitrogen and oxygen atoms in total. The molecule has 1 atom stereocenters. The minimum absolute atomic E-state index is 0.470. The number of nitrogens with zero attached hydrogens (tertiary/aromatic N) is 1. The minimum atomic E-state index is -0.564. The van der Waals surface area contributed by atoms with Crippen molar-refractivity contribution in [2.45, 2.75) is 12.5 Å². The first-order valence-corrected chi connectivity index (χ1v) is 6.31. The fourth-order valence-corrected chi connectivity index (χ4v) is 2.48. The first-order valence-electron chi connectivity index (χ1n) is 4.67. The van der Waals surface area contributed by atoms with E-state index in [0.29, 0.717) is 16.5 Å². The summed E-state index contributed by atoms with van der Waals surface area (Å²) in [6, 6.07) is 5.27. The Bertz CT molecular complexity index is 473. The van der Waals surface area contributed by atoms with E-state index in [9.17, 15) is 5.11 Å².